The van der Waals surface area contributed by atoms with Crippen molar-refractivity contribution in [1.29, 1.82) is 0 Å². The maximum atomic E-state index is 6.12. The predicted octanol–water partition coefficient (Wildman–Crippen LogP) is 3.32. The molecule has 1 aromatic carbocycles. The third-order valence-corrected chi connectivity index (χ3v) is 4.16. The molecular formula is C18H15ClN6. The molecule has 0 saturated heterocycles. The standard InChI is InChI=1S/C18H15ClN6/c1-11-16(13-8-14(19)10-21-9-13)23-17(20)18-22-15(24-25(11)18)7-12-5-3-2-4-6-12/h2-6,8-10H,7H2,1H3,(H2,20,23). The van der Waals surface area contributed by atoms with Crippen molar-refractivity contribution >= 4 is 23.1 Å². The summed E-state index contributed by atoms with van der Waals surface area (Å²) < 4.78 is 1.73. The summed E-state index contributed by atoms with van der Waals surface area (Å²) >= 11 is 6.04. The lowest BCUT2D eigenvalue weighted by atomic mass is 10.1. The van der Waals surface area contributed by atoms with Gasteiger partial charge in [0.25, 0.3) is 0 Å². The minimum Gasteiger partial charge on any atom is -0.381 e. The molecule has 0 aliphatic carbocycles. The molecule has 0 bridgehead atoms. The fraction of sp³-hybridized carbons (Fsp3) is 0.111. The molecule has 0 radical (unpaired) electrons. The number of nitrogens with zero attached hydrogens (tertiary/aromatic N) is 5. The average Bonchev–Trinajstić information content (AvgIpc) is 3.04. The molecule has 0 saturated carbocycles. The Morgan fingerprint density at radius 1 is 1.12 bits per heavy atom. The third-order valence-electron chi connectivity index (χ3n) is 3.96. The van der Waals surface area contributed by atoms with Crippen molar-refractivity contribution in [3.05, 3.63) is 70.9 Å². The lowest BCUT2D eigenvalue weighted by molar-refractivity contribution is 0.865. The number of fused-ring (bicyclic) bond motifs is 1. The molecule has 2 N–H and O–H groups in total. The van der Waals surface area contributed by atoms with E-state index in [0.29, 0.717) is 34.4 Å². The smallest absolute Gasteiger partial charge is 0.198 e. The maximum absolute atomic E-state index is 6.12. The van der Waals surface area contributed by atoms with Crippen molar-refractivity contribution in [3.8, 4) is 11.3 Å². The second-order valence-corrected chi connectivity index (χ2v) is 6.19. The molecule has 0 unspecified atom stereocenters. The lowest BCUT2D eigenvalue weighted by Gasteiger charge is -2.08. The largest absolute Gasteiger partial charge is 0.381 e. The number of benzene rings is 1. The first-order chi connectivity index (χ1) is 12.1. The molecule has 3 heterocycles. The fourth-order valence-corrected chi connectivity index (χ4v) is 2.95. The van der Waals surface area contributed by atoms with Gasteiger partial charge in [-0.2, -0.15) is 5.10 Å². The van der Waals surface area contributed by atoms with Crippen LogP contribution in [0, 0.1) is 6.92 Å². The number of hydrogen-bond donors (Lipinski definition) is 1. The summed E-state index contributed by atoms with van der Waals surface area (Å²) in [6.07, 6.45) is 3.92. The molecule has 0 fully saturated rings. The van der Waals surface area contributed by atoms with E-state index in [2.05, 4.69) is 20.1 Å². The zero-order valence-corrected chi connectivity index (χ0v) is 14.3. The Morgan fingerprint density at radius 3 is 2.68 bits per heavy atom. The molecule has 6 nitrogen and oxygen atoms in total. The summed E-state index contributed by atoms with van der Waals surface area (Å²) in [4.78, 5) is 13.1. The van der Waals surface area contributed by atoms with Gasteiger partial charge in [0.05, 0.1) is 16.4 Å². The van der Waals surface area contributed by atoms with Crippen LogP contribution in [-0.4, -0.2) is 24.6 Å². The van der Waals surface area contributed by atoms with Crippen molar-refractivity contribution in [2.45, 2.75) is 13.3 Å². The Morgan fingerprint density at radius 2 is 1.92 bits per heavy atom. The van der Waals surface area contributed by atoms with Crippen molar-refractivity contribution in [2.75, 3.05) is 5.73 Å². The maximum Gasteiger partial charge on any atom is 0.198 e. The van der Waals surface area contributed by atoms with Gasteiger partial charge in [-0.15, -0.1) is 0 Å². The van der Waals surface area contributed by atoms with Gasteiger partial charge in [-0.05, 0) is 18.6 Å². The van der Waals surface area contributed by atoms with Crippen LogP contribution in [0.3, 0.4) is 0 Å². The first-order valence-corrected chi connectivity index (χ1v) is 8.16. The van der Waals surface area contributed by atoms with E-state index in [9.17, 15) is 0 Å². The van der Waals surface area contributed by atoms with E-state index in [1.165, 1.54) is 0 Å². The van der Waals surface area contributed by atoms with Gasteiger partial charge in [-0.25, -0.2) is 14.5 Å². The minimum absolute atomic E-state index is 0.326. The van der Waals surface area contributed by atoms with Gasteiger partial charge in [0, 0.05) is 24.4 Å². The zero-order chi connectivity index (χ0) is 17.4. The molecule has 25 heavy (non-hydrogen) atoms. The number of rotatable bonds is 3. The van der Waals surface area contributed by atoms with Gasteiger partial charge >= 0.3 is 0 Å². The van der Waals surface area contributed by atoms with Crippen LogP contribution in [0.2, 0.25) is 5.02 Å². The van der Waals surface area contributed by atoms with Crippen LogP contribution in [0.4, 0.5) is 5.82 Å². The SMILES string of the molecule is Cc1c(-c2cncc(Cl)c2)nc(N)c2nc(Cc3ccccc3)nn12. The second kappa shape index (κ2) is 6.14. The predicted molar refractivity (Wildman–Crippen MR) is 97.4 cm³/mol. The Hall–Kier alpha value is -2.99. The van der Waals surface area contributed by atoms with E-state index in [0.717, 1.165) is 16.8 Å². The summed E-state index contributed by atoms with van der Waals surface area (Å²) in [5.74, 6) is 1.02. The first-order valence-electron chi connectivity index (χ1n) is 7.78. The number of halogens is 1. The number of nitrogen functional groups attached to an aromatic ring is 1. The summed E-state index contributed by atoms with van der Waals surface area (Å²) in [7, 11) is 0. The summed E-state index contributed by atoms with van der Waals surface area (Å²) in [5, 5.41) is 5.15. The summed E-state index contributed by atoms with van der Waals surface area (Å²) in [6, 6.07) is 11.9. The summed E-state index contributed by atoms with van der Waals surface area (Å²) in [5.41, 5.74) is 10.1. The van der Waals surface area contributed by atoms with Crippen LogP contribution in [0.1, 0.15) is 17.1 Å². The summed E-state index contributed by atoms with van der Waals surface area (Å²) in [6.45, 7) is 1.93. The number of nitrogens with two attached hydrogens (primary N) is 1. The van der Waals surface area contributed by atoms with Gasteiger partial charge in [0.15, 0.2) is 17.3 Å². The highest BCUT2D eigenvalue weighted by atomic mass is 35.5. The highest BCUT2D eigenvalue weighted by Crippen LogP contribution is 2.26. The van der Waals surface area contributed by atoms with Crippen molar-refractivity contribution in [3.63, 3.8) is 0 Å². The highest BCUT2D eigenvalue weighted by molar-refractivity contribution is 6.30. The Balaban J connectivity index is 1.82. The second-order valence-electron chi connectivity index (χ2n) is 5.75. The number of aromatic nitrogens is 5. The number of anilines is 1. The Kier molecular flexibility index (Phi) is 3.82. The average molecular weight is 351 g/mol. The number of hydrogen-bond acceptors (Lipinski definition) is 5. The zero-order valence-electron chi connectivity index (χ0n) is 13.5. The van der Waals surface area contributed by atoms with Crippen LogP contribution in [-0.2, 0) is 6.42 Å². The van der Waals surface area contributed by atoms with Crippen molar-refractivity contribution < 1.29 is 0 Å². The van der Waals surface area contributed by atoms with Gasteiger partial charge < -0.3 is 5.73 Å². The molecule has 0 atom stereocenters. The van der Waals surface area contributed by atoms with Crippen molar-refractivity contribution in [2.24, 2.45) is 0 Å². The highest BCUT2D eigenvalue weighted by Gasteiger charge is 2.16. The van der Waals surface area contributed by atoms with E-state index in [1.807, 2.05) is 37.3 Å². The van der Waals surface area contributed by atoms with Crippen LogP contribution >= 0.6 is 11.6 Å². The van der Waals surface area contributed by atoms with Gasteiger partial charge in [-0.3, -0.25) is 4.98 Å². The van der Waals surface area contributed by atoms with Gasteiger partial charge in [0.1, 0.15) is 0 Å². The molecule has 4 rings (SSSR count). The van der Waals surface area contributed by atoms with Crippen LogP contribution in [0.25, 0.3) is 16.9 Å². The van der Waals surface area contributed by atoms with Crippen LogP contribution in [0.15, 0.2) is 48.8 Å². The molecule has 0 amide bonds. The Bertz CT molecular complexity index is 1060. The van der Waals surface area contributed by atoms with Crippen LogP contribution in [0.5, 0.6) is 0 Å². The molecule has 0 aliphatic rings. The van der Waals surface area contributed by atoms with E-state index >= 15 is 0 Å². The van der Waals surface area contributed by atoms with E-state index in [4.69, 9.17) is 17.3 Å². The molecule has 0 aliphatic heterocycles. The topological polar surface area (TPSA) is 82.0 Å². The normalized spacial score (nSPS) is 11.1. The van der Waals surface area contributed by atoms with Crippen molar-refractivity contribution in [1.82, 2.24) is 24.6 Å². The number of pyridine rings is 1. The third kappa shape index (κ3) is 2.92. The van der Waals surface area contributed by atoms with Crippen LogP contribution < -0.4 is 5.73 Å². The molecule has 3 aromatic heterocycles. The molecular weight excluding hydrogens is 336 g/mol. The quantitative estimate of drug-likeness (QED) is 0.613. The Labute approximate surface area is 149 Å². The molecule has 7 heteroatoms. The first kappa shape index (κ1) is 15.5. The monoisotopic (exact) mass is 350 g/mol. The van der Waals surface area contributed by atoms with Gasteiger partial charge in [-0.1, -0.05) is 41.9 Å². The van der Waals surface area contributed by atoms with E-state index in [1.54, 1.807) is 23.0 Å². The molecule has 4 aromatic rings. The molecule has 124 valence electrons. The number of aryl methyl sites for hydroxylation is 1. The van der Waals surface area contributed by atoms with E-state index < -0.39 is 0 Å². The van der Waals surface area contributed by atoms with E-state index in [-0.39, 0.29) is 0 Å². The lowest BCUT2D eigenvalue weighted by Crippen LogP contribution is -2.05. The molecule has 0 spiro atoms. The fourth-order valence-electron chi connectivity index (χ4n) is 2.77. The minimum atomic E-state index is 0.326. The van der Waals surface area contributed by atoms with Gasteiger partial charge in [0.2, 0.25) is 0 Å².